The molecule has 0 N–H and O–H groups in total. The molecular formula is C21H14F2N2S. The molecule has 5 heteroatoms. The van der Waals surface area contributed by atoms with E-state index in [1.54, 1.807) is 6.20 Å². The molecule has 0 radical (unpaired) electrons. The standard InChI is InChI=1S/C21H14F2N2S/c22-15-9-16(23)11-19(10-15)26-18-6-4-14-13-25-21(20(14)12-18)7-5-17-3-1-2-8-24-17/h1-12H,13H2/b7-5+. The number of benzene rings is 2. The maximum Gasteiger partial charge on any atom is 0.127 e. The molecule has 0 unspecified atom stereocenters. The Hall–Kier alpha value is -2.79. The number of fused-ring (bicyclic) bond motifs is 1. The first-order valence-electron chi connectivity index (χ1n) is 8.08. The molecule has 26 heavy (non-hydrogen) atoms. The molecule has 0 saturated heterocycles. The Morgan fingerprint density at radius 2 is 1.73 bits per heavy atom. The number of allylic oxidation sites excluding steroid dienone is 1. The van der Waals surface area contributed by atoms with Crippen LogP contribution >= 0.6 is 11.8 Å². The minimum absolute atomic E-state index is 0.531. The average molecular weight is 364 g/mol. The maximum atomic E-state index is 13.4. The second-order valence-electron chi connectivity index (χ2n) is 5.82. The quantitative estimate of drug-likeness (QED) is 0.608. The molecule has 1 aromatic heterocycles. The molecule has 0 saturated carbocycles. The van der Waals surface area contributed by atoms with Crippen LogP contribution in [0.25, 0.3) is 6.08 Å². The van der Waals surface area contributed by atoms with Gasteiger partial charge >= 0.3 is 0 Å². The highest BCUT2D eigenvalue weighted by atomic mass is 32.2. The summed E-state index contributed by atoms with van der Waals surface area (Å²) in [6, 6.07) is 15.2. The van der Waals surface area contributed by atoms with E-state index in [1.165, 1.54) is 23.9 Å². The SMILES string of the molecule is Fc1cc(F)cc(Sc2ccc3c(c2)C(/C=C/c2ccccn2)=NC3)c1. The van der Waals surface area contributed by atoms with Crippen molar-refractivity contribution in [1.82, 2.24) is 4.98 Å². The van der Waals surface area contributed by atoms with Crippen LogP contribution in [0.3, 0.4) is 0 Å². The lowest BCUT2D eigenvalue weighted by Gasteiger charge is -2.06. The lowest BCUT2D eigenvalue weighted by atomic mass is 10.1. The van der Waals surface area contributed by atoms with Gasteiger partial charge in [-0.05, 0) is 54.1 Å². The highest BCUT2D eigenvalue weighted by molar-refractivity contribution is 7.99. The molecule has 0 aliphatic carbocycles. The van der Waals surface area contributed by atoms with E-state index in [1.807, 2.05) is 48.6 Å². The van der Waals surface area contributed by atoms with Gasteiger partial charge in [-0.1, -0.05) is 23.9 Å². The van der Waals surface area contributed by atoms with Gasteiger partial charge in [0.2, 0.25) is 0 Å². The minimum Gasteiger partial charge on any atom is -0.280 e. The summed E-state index contributed by atoms with van der Waals surface area (Å²) in [6.07, 6.45) is 5.62. The fourth-order valence-corrected chi connectivity index (χ4v) is 3.68. The Morgan fingerprint density at radius 3 is 2.50 bits per heavy atom. The fraction of sp³-hybridized carbons (Fsp3) is 0.0476. The van der Waals surface area contributed by atoms with Gasteiger partial charge in [-0.2, -0.15) is 0 Å². The van der Waals surface area contributed by atoms with Crippen LogP contribution in [-0.4, -0.2) is 10.7 Å². The van der Waals surface area contributed by atoms with Crippen LogP contribution in [0.5, 0.6) is 0 Å². The first kappa shape index (κ1) is 16.7. The van der Waals surface area contributed by atoms with Crippen LogP contribution in [0.4, 0.5) is 8.78 Å². The molecular weight excluding hydrogens is 350 g/mol. The molecule has 0 bridgehead atoms. The zero-order chi connectivity index (χ0) is 17.9. The molecule has 1 aliphatic heterocycles. The van der Waals surface area contributed by atoms with E-state index >= 15 is 0 Å². The predicted octanol–water partition coefficient (Wildman–Crippen LogP) is 5.53. The molecule has 0 fully saturated rings. The van der Waals surface area contributed by atoms with Gasteiger partial charge in [0.25, 0.3) is 0 Å². The van der Waals surface area contributed by atoms with Crippen LogP contribution in [0, 0.1) is 11.6 Å². The maximum absolute atomic E-state index is 13.4. The number of pyridine rings is 1. The van der Waals surface area contributed by atoms with Crippen LogP contribution in [0.2, 0.25) is 0 Å². The van der Waals surface area contributed by atoms with Gasteiger partial charge in [0.05, 0.1) is 18.0 Å². The Balaban J connectivity index is 1.58. The van der Waals surface area contributed by atoms with E-state index in [-0.39, 0.29) is 0 Å². The van der Waals surface area contributed by atoms with E-state index < -0.39 is 11.6 Å². The van der Waals surface area contributed by atoms with Gasteiger partial charge in [-0.25, -0.2) is 8.78 Å². The number of halogens is 2. The predicted molar refractivity (Wildman–Crippen MR) is 100 cm³/mol. The van der Waals surface area contributed by atoms with Crippen molar-refractivity contribution in [3.05, 3.63) is 95.3 Å². The van der Waals surface area contributed by atoms with Crippen LogP contribution < -0.4 is 0 Å². The van der Waals surface area contributed by atoms with Crippen molar-refractivity contribution in [3.8, 4) is 0 Å². The molecule has 4 rings (SSSR count). The van der Waals surface area contributed by atoms with E-state index in [9.17, 15) is 8.78 Å². The Kier molecular flexibility index (Phi) is 4.63. The molecule has 1 aliphatic rings. The summed E-state index contributed by atoms with van der Waals surface area (Å²) in [4.78, 5) is 10.3. The number of aliphatic imine (C=N–C) groups is 1. The normalized spacial score (nSPS) is 13.1. The van der Waals surface area contributed by atoms with Gasteiger partial charge in [0.1, 0.15) is 11.6 Å². The van der Waals surface area contributed by atoms with Crippen molar-refractivity contribution in [3.63, 3.8) is 0 Å². The Labute approximate surface area is 154 Å². The smallest absolute Gasteiger partial charge is 0.127 e. The number of rotatable bonds is 4. The van der Waals surface area contributed by atoms with E-state index in [0.29, 0.717) is 11.4 Å². The van der Waals surface area contributed by atoms with Crippen molar-refractivity contribution in [1.29, 1.82) is 0 Å². The molecule has 0 spiro atoms. The zero-order valence-corrected chi connectivity index (χ0v) is 14.5. The van der Waals surface area contributed by atoms with Gasteiger partial charge < -0.3 is 0 Å². The topological polar surface area (TPSA) is 25.2 Å². The third kappa shape index (κ3) is 3.73. The second-order valence-corrected chi connectivity index (χ2v) is 6.96. The van der Waals surface area contributed by atoms with Crippen molar-refractivity contribution < 1.29 is 8.78 Å². The molecule has 2 heterocycles. The summed E-state index contributed by atoms with van der Waals surface area (Å²) in [5.74, 6) is -1.15. The van der Waals surface area contributed by atoms with E-state index in [0.717, 1.165) is 33.5 Å². The first-order valence-corrected chi connectivity index (χ1v) is 8.90. The van der Waals surface area contributed by atoms with Crippen LogP contribution in [0.15, 0.2) is 81.7 Å². The summed E-state index contributed by atoms with van der Waals surface area (Å²) < 4.78 is 26.8. The van der Waals surface area contributed by atoms with Gasteiger partial charge in [0.15, 0.2) is 0 Å². The average Bonchev–Trinajstić information content (AvgIpc) is 3.02. The summed E-state index contributed by atoms with van der Waals surface area (Å²) in [5.41, 5.74) is 3.93. The summed E-state index contributed by atoms with van der Waals surface area (Å²) in [7, 11) is 0. The number of hydrogen-bond acceptors (Lipinski definition) is 3. The van der Waals surface area contributed by atoms with Crippen LogP contribution in [-0.2, 0) is 6.54 Å². The van der Waals surface area contributed by atoms with Gasteiger partial charge in [-0.15, -0.1) is 0 Å². The monoisotopic (exact) mass is 364 g/mol. The van der Waals surface area contributed by atoms with E-state index in [2.05, 4.69) is 9.98 Å². The number of hydrogen-bond donors (Lipinski definition) is 0. The summed E-state index contributed by atoms with van der Waals surface area (Å²) in [5, 5.41) is 0. The molecule has 128 valence electrons. The number of aromatic nitrogens is 1. The lowest BCUT2D eigenvalue weighted by Crippen LogP contribution is -1.94. The molecule has 3 aromatic rings. The largest absolute Gasteiger partial charge is 0.280 e. The second kappa shape index (κ2) is 7.22. The van der Waals surface area contributed by atoms with Gasteiger partial charge in [-0.3, -0.25) is 9.98 Å². The van der Waals surface area contributed by atoms with Crippen molar-refractivity contribution in [2.24, 2.45) is 4.99 Å². The third-order valence-corrected chi connectivity index (χ3v) is 4.91. The highest BCUT2D eigenvalue weighted by Crippen LogP contribution is 2.32. The third-order valence-electron chi connectivity index (χ3n) is 3.95. The summed E-state index contributed by atoms with van der Waals surface area (Å²) in [6.45, 7) is 0.636. The fourth-order valence-electron chi connectivity index (χ4n) is 2.76. The Morgan fingerprint density at radius 1 is 0.885 bits per heavy atom. The minimum atomic E-state index is -0.575. The Bertz CT molecular complexity index is 994. The van der Waals surface area contributed by atoms with Crippen LogP contribution in [0.1, 0.15) is 16.8 Å². The van der Waals surface area contributed by atoms with Crippen molar-refractivity contribution >= 4 is 23.5 Å². The first-order chi connectivity index (χ1) is 12.7. The number of nitrogens with zero attached hydrogens (tertiary/aromatic N) is 2. The molecule has 0 amide bonds. The highest BCUT2D eigenvalue weighted by Gasteiger charge is 2.15. The lowest BCUT2D eigenvalue weighted by molar-refractivity contribution is 0.577. The molecule has 2 nitrogen and oxygen atoms in total. The van der Waals surface area contributed by atoms with E-state index in [4.69, 9.17) is 0 Å². The van der Waals surface area contributed by atoms with Gasteiger partial charge in [0, 0.05) is 27.6 Å². The summed E-state index contributed by atoms with van der Waals surface area (Å²) >= 11 is 1.33. The zero-order valence-electron chi connectivity index (χ0n) is 13.7. The van der Waals surface area contributed by atoms with Crippen molar-refractivity contribution in [2.75, 3.05) is 0 Å². The van der Waals surface area contributed by atoms with Crippen molar-refractivity contribution in [2.45, 2.75) is 16.3 Å². The molecule has 2 aromatic carbocycles. The molecule has 0 atom stereocenters.